The average Bonchev–Trinajstić information content (AvgIpc) is 1.82. The maximum Gasteiger partial charge on any atom is 0.218 e. The highest BCUT2D eigenvalue weighted by Crippen LogP contribution is 2.10. The molecule has 0 spiro atoms. The summed E-state index contributed by atoms with van der Waals surface area (Å²) in [5, 5.41) is 0.183. The number of carbonyl (C=O) groups is 1. The van der Waals surface area contributed by atoms with Crippen LogP contribution in [0.4, 0.5) is 0 Å². The first kappa shape index (κ1) is 8.56. The summed E-state index contributed by atoms with van der Waals surface area (Å²) in [6.45, 7) is 3.56. The first-order valence-electron chi connectivity index (χ1n) is 2.64. The molecule has 0 aromatic carbocycles. The molecule has 0 fully saturated rings. The molecule has 1 unspecified atom stereocenters. The zero-order chi connectivity index (χ0) is 7.28. The molecule has 1 amide bonds. The number of rotatable bonds is 4. The molecule has 0 aliphatic heterocycles. The van der Waals surface area contributed by atoms with Crippen molar-refractivity contribution in [3.05, 3.63) is 12.7 Å². The Morgan fingerprint density at radius 2 is 2.56 bits per heavy atom. The average molecular weight is 145 g/mol. The minimum absolute atomic E-state index is 0.183. The molecule has 1 atom stereocenters. The third-order valence-electron chi connectivity index (χ3n) is 0.968. The molecule has 2 N–H and O–H groups in total. The van der Waals surface area contributed by atoms with E-state index in [1.807, 2.05) is 6.26 Å². The number of carbonyl (C=O) groups excluding carboxylic acids is 1. The first-order chi connectivity index (χ1) is 4.20. The molecule has 0 rings (SSSR count). The monoisotopic (exact) mass is 145 g/mol. The van der Waals surface area contributed by atoms with Crippen molar-refractivity contribution in [3.63, 3.8) is 0 Å². The molecular weight excluding hydrogens is 134 g/mol. The Bertz CT molecular complexity index is 114. The molecule has 0 radical (unpaired) electrons. The van der Waals surface area contributed by atoms with Crippen molar-refractivity contribution in [1.82, 2.24) is 0 Å². The van der Waals surface area contributed by atoms with Crippen molar-refractivity contribution in [3.8, 4) is 0 Å². The van der Waals surface area contributed by atoms with E-state index in [0.717, 1.165) is 0 Å². The van der Waals surface area contributed by atoms with Gasteiger partial charge in [0, 0.05) is 11.7 Å². The van der Waals surface area contributed by atoms with Crippen molar-refractivity contribution >= 4 is 17.7 Å². The number of amides is 1. The second-order valence-corrected chi connectivity index (χ2v) is 2.76. The topological polar surface area (TPSA) is 43.1 Å². The highest BCUT2D eigenvalue weighted by molar-refractivity contribution is 7.99. The molecule has 0 bridgehead atoms. The Morgan fingerprint density at radius 1 is 2.00 bits per heavy atom. The minimum atomic E-state index is -0.269. The van der Waals surface area contributed by atoms with Gasteiger partial charge < -0.3 is 5.73 Å². The van der Waals surface area contributed by atoms with Crippen LogP contribution in [0.25, 0.3) is 0 Å². The zero-order valence-electron chi connectivity index (χ0n) is 5.46. The molecular formula is C6H11NOS. The van der Waals surface area contributed by atoms with Gasteiger partial charge in [-0.2, -0.15) is 11.8 Å². The smallest absolute Gasteiger partial charge is 0.218 e. The van der Waals surface area contributed by atoms with Crippen LogP contribution in [0.15, 0.2) is 12.7 Å². The summed E-state index contributed by atoms with van der Waals surface area (Å²) < 4.78 is 0. The standard InChI is InChI=1S/C6H11NOS/c1-3-5(9-2)4-6(7)8/h3,5H,1,4H2,2H3,(H2,7,8). The molecule has 0 saturated heterocycles. The van der Waals surface area contributed by atoms with E-state index in [1.165, 1.54) is 0 Å². The fraction of sp³-hybridized carbons (Fsp3) is 0.500. The van der Waals surface area contributed by atoms with E-state index < -0.39 is 0 Å². The van der Waals surface area contributed by atoms with Crippen molar-refractivity contribution in [2.75, 3.05) is 6.26 Å². The van der Waals surface area contributed by atoms with Gasteiger partial charge >= 0.3 is 0 Å². The van der Waals surface area contributed by atoms with Gasteiger partial charge in [0.05, 0.1) is 0 Å². The summed E-state index contributed by atoms with van der Waals surface area (Å²) >= 11 is 1.58. The molecule has 0 heterocycles. The second-order valence-electron chi connectivity index (χ2n) is 1.68. The lowest BCUT2D eigenvalue weighted by atomic mass is 10.3. The summed E-state index contributed by atoms with van der Waals surface area (Å²) in [5.41, 5.74) is 4.94. The Labute approximate surface area is 59.5 Å². The van der Waals surface area contributed by atoms with Crippen LogP contribution >= 0.6 is 11.8 Å². The van der Waals surface area contributed by atoms with Gasteiger partial charge in [0.1, 0.15) is 0 Å². The number of nitrogens with two attached hydrogens (primary N) is 1. The SMILES string of the molecule is C=CC(CC(N)=O)SC. The molecule has 9 heavy (non-hydrogen) atoms. The molecule has 3 heteroatoms. The second kappa shape index (κ2) is 4.44. The van der Waals surface area contributed by atoms with Crippen molar-refractivity contribution in [2.24, 2.45) is 5.73 Å². The third kappa shape index (κ3) is 4.09. The van der Waals surface area contributed by atoms with Crippen LogP contribution in [-0.2, 0) is 4.79 Å². The van der Waals surface area contributed by atoms with Gasteiger partial charge in [-0.15, -0.1) is 6.58 Å². The minimum Gasteiger partial charge on any atom is -0.370 e. The predicted octanol–water partition coefficient (Wildman–Crippen LogP) is 0.779. The fourth-order valence-electron chi connectivity index (χ4n) is 0.461. The Hall–Kier alpha value is -0.440. The van der Waals surface area contributed by atoms with Crippen molar-refractivity contribution < 1.29 is 4.79 Å². The number of hydrogen-bond acceptors (Lipinski definition) is 2. The summed E-state index contributed by atoms with van der Waals surface area (Å²) in [6.07, 6.45) is 4.05. The Kier molecular flexibility index (Phi) is 4.22. The van der Waals surface area contributed by atoms with Crippen LogP contribution in [0, 0.1) is 0 Å². The van der Waals surface area contributed by atoms with Gasteiger partial charge in [-0.1, -0.05) is 6.08 Å². The lowest BCUT2D eigenvalue weighted by Gasteiger charge is -2.03. The summed E-state index contributed by atoms with van der Waals surface area (Å²) in [4.78, 5) is 10.3. The van der Waals surface area contributed by atoms with Gasteiger partial charge in [0.15, 0.2) is 0 Å². The van der Waals surface area contributed by atoms with Gasteiger partial charge in [-0.25, -0.2) is 0 Å². The van der Waals surface area contributed by atoms with Gasteiger partial charge in [-0.05, 0) is 6.26 Å². The molecule has 0 aromatic heterocycles. The number of primary amides is 1. The molecule has 0 aromatic rings. The summed E-state index contributed by atoms with van der Waals surface area (Å²) in [7, 11) is 0. The third-order valence-corrected chi connectivity index (χ3v) is 1.93. The maximum atomic E-state index is 10.3. The predicted molar refractivity (Wildman–Crippen MR) is 41.3 cm³/mol. The Morgan fingerprint density at radius 3 is 2.67 bits per heavy atom. The van der Waals surface area contributed by atoms with E-state index in [-0.39, 0.29) is 11.2 Å². The Balaban J connectivity index is 3.55. The van der Waals surface area contributed by atoms with E-state index in [1.54, 1.807) is 17.8 Å². The van der Waals surface area contributed by atoms with E-state index in [2.05, 4.69) is 6.58 Å². The van der Waals surface area contributed by atoms with E-state index in [9.17, 15) is 4.79 Å². The van der Waals surface area contributed by atoms with Gasteiger partial charge in [0.2, 0.25) is 5.91 Å². The van der Waals surface area contributed by atoms with Gasteiger partial charge in [0.25, 0.3) is 0 Å². The van der Waals surface area contributed by atoms with Crippen molar-refractivity contribution in [1.29, 1.82) is 0 Å². The largest absolute Gasteiger partial charge is 0.370 e. The van der Waals surface area contributed by atoms with Gasteiger partial charge in [-0.3, -0.25) is 4.79 Å². The molecule has 0 aliphatic carbocycles. The fourth-order valence-corrected chi connectivity index (χ4v) is 0.985. The lowest BCUT2D eigenvalue weighted by molar-refractivity contribution is -0.117. The maximum absolute atomic E-state index is 10.3. The highest BCUT2D eigenvalue weighted by Gasteiger charge is 2.03. The first-order valence-corrected chi connectivity index (χ1v) is 3.93. The van der Waals surface area contributed by atoms with Crippen LogP contribution in [-0.4, -0.2) is 17.4 Å². The van der Waals surface area contributed by atoms with Crippen LogP contribution in [0.5, 0.6) is 0 Å². The quantitative estimate of drug-likeness (QED) is 0.594. The van der Waals surface area contributed by atoms with Crippen LogP contribution in [0.3, 0.4) is 0 Å². The van der Waals surface area contributed by atoms with Crippen LogP contribution < -0.4 is 5.73 Å². The number of hydrogen-bond donors (Lipinski definition) is 1. The zero-order valence-corrected chi connectivity index (χ0v) is 6.28. The summed E-state index contributed by atoms with van der Waals surface area (Å²) in [5.74, 6) is -0.269. The molecule has 52 valence electrons. The molecule has 2 nitrogen and oxygen atoms in total. The lowest BCUT2D eigenvalue weighted by Crippen LogP contribution is -2.15. The summed E-state index contributed by atoms with van der Waals surface area (Å²) in [6, 6.07) is 0. The van der Waals surface area contributed by atoms with Crippen molar-refractivity contribution in [2.45, 2.75) is 11.7 Å². The van der Waals surface area contributed by atoms with E-state index in [4.69, 9.17) is 5.73 Å². The van der Waals surface area contributed by atoms with Crippen LogP contribution in [0.2, 0.25) is 0 Å². The molecule has 0 aliphatic rings. The van der Waals surface area contributed by atoms with Crippen LogP contribution in [0.1, 0.15) is 6.42 Å². The highest BCUT2D eigenvalue weighted by atomic mass is 32.2. The van der Waals surface area contributed by atoms with E-state index >= 15 is 0 Å². The molecule has 0 saturated carbocycles. The number of thioether (sulfide) groups is 1. The van der Waals surface area contributed by atoms with E-state index in [0.29, 0.717) is 6.42 Å². The normalized spacial score (nSPS) is 12.6.